The van der Waals surface area contributed by atoms with Crippen LogP contribution in [0.15, 0.2) is 12.4 Å². The second-order valence-electron chi connectivity index (χ2n) is 1.31. The molecule has 0 unspecified atom stereocenters. The van der Waals surface area contributed by atoms with Crippen molar-refractivity contribution in [2.75, 3.05) is 0 Å². The van der Waals surface area contributed by atoms with Gasteiger partial charge in [0.1, 0.15) is 9.77 Å². The first-order valence-corrected chi connectivity index (χ1v) is 3.29. The molecule has 1 aromatic rings. The second kappa shape index (κ2) is 2.73. The molecule has 0 bridgehead atoms. The van der Waals surface area contributed by atoms with Gasteiger partial charge in [0.15, 0.2) is 5.69 Å². The van der Waals surface area contributed by atoms with Crippen LogP contribution >= 0.6 is 22.6 Å². The molecule has 1 heterocycles. The first-order chi connectivity index (χ1) is 4.34. The van der Waals surface area contributed by atoms with Gasteiger partial charge in [-0.1, -0.05) is 0 Å². The van der Waals surface area contributed by atoms with Crippen molar-refractivity contribution in [3.63, 3.8) is 0 Å². The third-order valence-corrected chi connectivity index (χ3v) is 1.55. The molecule has 0 N–H and O–H groups in total. The number of hydrogen-bond donors (Lipinski definition) is 0. The van der Waals surface area contributed by atoms with Gasteiger partial charge in [-0.05, 0) is 22.6 Å². The van der Waals surface area contributed by atoms with Crippen molar-refractivity contribution in [3.05, 3.63) is 21.8 Å². The van der Waals surface area contributed by atoms with Crippen molar-refractivity contribution in [1.82, 2.24) is 9.97 Å². The Labute approximate surface area is 65.9 Å². The van der Waals surface area contributed by atoms with Gasteiger partial charge in [-0.3, -0.25) is 0 Å². The summed E-state index contributed by atoms with van der Waals surface area (Å²) in [6.45, 7) is 0. The van der Waals surface area contributed by atoms with E-state index >= 15 is 0 Å². The molecule has 0 aromatic carbocycles. The van der Waals surface area contributed by atoms with Crippen LogP contribution in [0.4, 0.5) is 0 Å². The van der Waals surface area contributed by atoms with Gasteiger partial charge < -0.3 is 0 Å². The predicted molar refractivity (Wildman–Crippen MR) is 39.5 cm³/mol. The van der Waals surface area contributed by atoms with Crippen LogP contribution in [0.2, 0.25) is 0 Å². The Hall–Kier alpha value is -0.700. The smallest absolute Gasteiger partial charge is 0.172 e. The van der Waals surface area contributed by atoms with Crippen LogP contribution in [0.1, 0.15) is 5.69 Å². The van der Waals surface area contributed by atoms with Crippen molar-refractivity contribution in [2.45, 2.75) is 0 Å². The fraction of sp³-hybridized carbons (Fsp3) is 0. The first-order valence-electron chi connectivity index (χ1n) is 2.21. The van der Waals surface area contributed by atoms with Gasteiger partial charge in [0.2, 0.25) is 0 Å². The third-order valence-electron chi connectivity index (χ3n) is 0.759. The van der Waals surface area contributed by atoms with Crippen molar-refractivity contribution < 1.29 is 0 Å². The van der Waals surface area contributed by atoms with Crippen LogP contribution in [0.5, 0.6) is 0 Å². The summed E-state index contributed by atoms with van der Waals surface area (Å²) in [5, 5.41) is 8.36. The van der Waals surface area contributed by atoms with E-state index in [1.165, 1.54) is 6.20 Å². The summed E-state index contributed by atoms with van der Waals surface area (Å²) in [5.74, 6) is 0. The monoisotopic (exact) mass is 231 g/mol. The van der Waals surface area contributed by atoms with Crippen LogP contribution in [0, 0.1) is 15.0 Å². The molecule has 1 aromatic heterocycles. The van der Waals surface area contributed by atoms with Gasteiger partial charge in [-0.15, -0.1) is 0 Å². The van der Waals surface area contributed by atoms with E-state index in [9.17, 15) is 0 Å². The lowest BCUT2D eigenvalue weighted by atomic mass is 10.5. The topological polar surface area (TPSA) is 49.6 Å². The van der Waals surface area contributed by atoms with Crippen molar-refractivity contribution in [2.24, 2.45) is 0 Å². The summed E-state index contributed by atoms with van der Waals surface area (Å²) >= 11 is 1.96. The molecule has 0 saturated carbocycles. The Morgan fingerprint density at radius 2 is 2.11 bits per heavy atom. The van der Waals surface area contributed by atoms with E-state index in [0.717, 1.165) is 0 Å². The van der Waals surface area contributed by atoms with Crippen LogP contribution < -0.4 is 0 Å². The summed E-state index contributed by atoms with van der Waals surface area (Å²) in [5.41, 5.74) is 0.387. The fourth-order valence-electron chi connectivity index (χ4n) is 0.396. The highest BCUT2D eigenvalue weighted by Gasteiger charge is 1.95. The molecule has 44 valence electrons. The zero-order chi connectivity index (χ0) is 6.69. The Balaban J connectivity index is 3.20. The number of halogens is 1. The maximum atomic E-state index is 8.36. The minimum Gasteiger partial charge on any atom is -0.246 e. The maximum absolute atomic E-state index is 8.36. The molecule has 0 aliphatic heterocycles. The van der Waals surface area contributed by atoms with Crippen LogP contribution in [0.3, 0.4) is 0 Å². The van der Waals surface area contributed by atoms with E-state index in [-0.39, 0.29) is 0 Å². The predicted octanol–water partition coefficient (Wildman–Crippen LogP) is 0.953. The van der Waals surface area contributed by atoms with Gasteiger partial charge in [-0.2, -0.15) is 5.26 Å². The Morgan fingerprint density at radius 3 is 2.56 bits per heavy atom. The third kappa shape index (κ3) is 1.36. The molecule has 3 nitrogen and oxygen atoms in total. The van der Waals surface area contributed by atoms with Crippen molar-refractivity contribution in [1.29, 1.82) is 5.26 Å². The van der Waals surface area contributed by atoms with Crippen LogP contribution in [0.25, 0.3) is 0 Å². The molecule has 0 amide bonds. The zero-order valence-corrected chi connectivity index (χ0v) is 6.53. The second-order valence-corrected chi connectivity index (χ2v) is 2.33. The van der Waals surface area contributed by atoms with Gasteiger partial charge in [0, 0.05) is 12.4 Å². The summed E-state index contributed by atoms with van der Waals surface area (Å²) < 4.78 is 0.651. The van der Waals surface area contributed by atoms with Gasteiger partial charge >= 0.3 is 0 Å². The largest absolute Gasteiger partial charge is 0.246 e. The number of aromatic nitrogens is 2. The molecule has 0 aliphatic carbocycles. The number of rotatable bonds is 0. The molecule has 0 fully saturated rings. The van der Waals surface area contributed by atoms with Crippen molar-refractivity contribution in [3.8, 4) is 6.07 Å². The number of nitrogens with zero attached hydrogens (tertiary/aromatic N) is 3. The number of hydrogen-bond acceptors (Lipinski definition) is 3. The SMILES string of the molecule is N#Cc1nccnc1I. The summed E-state index contributed by atoms with van der Waals surface area (Å²) in [4.78, 5) is 7.62. The molecule has 4 heteroatoms. The molecule has 0 saturated heterocycles. The lowest BCUT2D eigenvalue weighted by molar-refractivity contribution is 1.12. The van der Waals surface area contributed by atoms with Gasteiger partial charge in [0.25, 0.3) is 0 Å². The lowest BCUT2D eigenvalue weighted by Crippen LogP contribution is -1.88. The fourth-order valence-corrected chi connectivity index (χ4v) is 0.817. The minimum atomic E-state index is 0.387. The molecule has 0 spiro atoms. The number of nitriles is 1. The highest BCUT2D eigenvalue weighted by Crippen LogP contribution is 2.01. The van der Waals surface area contributed by atoms with Crippen molar-refractivity contribution >= 4 is 22.6 Å². The summed E-state index contributed by atoms with van der Waals surface area (Å²) in [7, 11) is 0. The van der Waals surface area contributed by atoms with E-state index in [2.05, 4.69) is 9.97 Å². The summed E-state index contributed by atoms with van der Waals surface area (Å²) in [6.07, 6.45) is 3.06. The molecule has 1 rings (SSSR count). The van der Waals surface area contributed by atoms with E-state index in [1.54, 1.807) is 6.20 Å². The van der Waals surface area contributed by atoms with Crippen LogP contribution in [-0.2, 0) is 0 Å². The minimum absolute atomic E-state index is 0.387. The van der Waals surface area contributed by atoms with E-state index in [0.29, 0.717) is 9.39 Å². The Bertz CT molecular complexity index is 253. The Morgan fingerprint density at radius 1 is 1.44 bits per heavy atom. The van der Waals surface area contributed by atoms with Crippen LogP contribution in [-0.4, -0.2) is 9.97 Å². The molecule has 0 aliphatic rings. The highest BCUT2D eigenvalue weighted by molar-refractivity contribution is 14.1. The normalized spacial score (nSPS) is 8.44. The molecule has 0 radical (unpaired) electrons. The van der Waals surface area contributed by atoms with E-state index in [4.69, 9.17) is 5.26 Å². The standard InChI is InChI=1S/C5H2IN3/c6-5-4(3-7)8-1-2-9-5/h1-2H. The molecular weight excluding hydrogens is 229 g/mol. The quantitative estimate of drug-likeness (QED) is 0.624. The first kappa shape index (κ1) is 6.42. The molecule has 0 atom stereocenters. The van der Waals surface area contributed by atoms with Gasteiger partial charge in [0.05, 0.1) is 0 Å². The average Bonchev–Trinajstić information content (AvgIpc) is 1.89. The molecular formula is C5H2IN3. The average molecular weight is 231 g/mol. The maximum Gasteiger partial charge on any atom is 0.172 e. The Kier molecular flexibility index (Phi) is 1.95. The highest BCUT2D eigenvalue weighted by atomic mass is 127. The lowest BCUT2D eigenvalue weighted by Gasteiger charge is -1.87. The van der Waals surface area contributed by atoms with Gasteiger partial charge in [-0.25, -0.2) is 9.97 Å². The molecule has 9 heavy (non-hydrogen) atoms. The van der Waals surface area contributed by atoms with E-state index < -0.39 is 0 Å². The zero-order valence-electron chi connectivity index (χ0n) is 4.37. The summed E-state index contributed by atoms with van der Waals surface area (Å²) in [6, 6.07) is 1.91. The van der Waals surface area contributed by atoms with E-state index in [1.807, 2.05) is 28.7 Å².